The van der Waals surface area contributed by atoms with Crippen LogP contribution in [0.1, 0.15) is 15.9 Å². The summed E-state index contributed by atoms with van der Waals surface area (Å²) in [6, 6.07) is 9.33. The minimum Gasteiger partial charge on any atom is -0.337 e. The van der Waals surface area contributed by atoms with Crippen LogP contribution in [0.3, 0.4) is 0 Å². The van der Waals surface area contributed by atoms with Crippen molar-refractivity contribution in [3.8, 4) is 0 Å². The number of hydrogen-bond acceptors (Lipinski definition) is 5. The number of hydrogen-bond donors (Lipinski definition) is 1. The van der Waals surface area contributed by atoms with Crippen molar-refractivity contribution < 1.29 is 4.79 Å². The standard InChI is InChI=1S/C16H19N5O/c17-12-13-4-1-2-5-14(13)15(22)20-8-10-21(11-9-20)16-18-6-3-7-19-16/h1-7H,8-12,17H2. The summed E-state index contributed by atoms with van der Waals surface area (Å²) in [5.74, 6) is 0.770. The van der Waals surface area contributed by atoms with Gasteiger partial charge >= 0.3 is 0 Å². The summed E-state index contributed by atoms with van der Waals surface area (Å²) in [7, 11) is 0. The Kier molecular flexibility index (Phi) is 4.29. The molecule has 0 spiro atoms. The largest absolute Gasteiger partial charge is 0.337 e. The second kappa shape index (κ2) is 6.53. The molecule has 2 heterocycles. The van der Waals surface area contributed by atoms with E-state index >= 15 is 0 Å². The Morgan fingerprint density at radius 2 is 1.73 bits per heavy atom. The van der Waals surface area contributed by atoms with Crippen LogP contribution in [0, 0.1) is 0 Å². The normalized spacial score (nSPS) is 15.0. The molecule has 0 saturated carbocycles. The van der Waals surface area contributed by atoms with E-state index in [1.54, 1.807) is 18.5 Å². The fourth-order valence-electron chi connectivity index (χ4n) is 2.64. The van der Waals surface area contributed by atoms with Crippen molar-refractivity contribution in [1.82, 2.24) is 14.9 Å². The molecule has 22 heavy (non-hydrogen) atoms. The maximum atomic E-state index is 12.6. The third-order valence-electron chi connectivity index (χ3n) is 3.87. The molecule has 114 valence electrons. The summed E-state index contributed by atoms with van der Waals surface area (Å²) in [5, 5.41) is 0. The SMILES string of the molecule is NCc1ccccc1C(=O)N1CCN(c2ncccn2)CC1. The van der Waals surface area contributed by atoms with Crippen molar-refractivity contribution in [3.05, 3.63) is 53.9 Å². The molecule has 3 rings (SSSR count). The number of aromatic nitrogens is 2. The summed E-state index contributed by atoms with van der Waals surface area (Å²) in [6.07, 6.45) is 3.47. The number of carbonyl (C=O) groups excluding carboxylic acids is 1. The zero-order valence-electron chi connectivity index (χ0n) is 12.4. The molecule has 1 aliphatic rings. The number of carbonyl (C=O) groups is 1. The number of amides is 1. The Hall–Kier alpha value is -2.47. The van der Waals surface area contributed by atoms with Gasteiger partial charge in [0, 0.05) is 50.7 Å². The van der Waals surface area contributed by atoms with Crippen molar-refractivity contribution in [2.24, 2.45) is 5.73 Å². The molecule has 1 amide bonds. The predicted molar refractivity (Wildman–Crippen MR) is 84.5 cm³/mol. The van der Waals surface area contributed by atoms with Gasteiger partial charge in [0.1, 0.15) is 0 Å². The van der Waals surface area contributed by atoms with Crippen LogP contribution in [-0.4, -0.2) is 47.0 Å². The van der Waals surface area contributed by atoms with Crippen LogP contribution >= 0.6 is 0 Å². The van der Waals surface area contributed by atoms with Crippen LogP contribution in [-0.2, 0) is 6.54 Å². The molecule has 1 aromatic carbocycles. The lowest BCUT2D eigenvalue weighted by Crippen LogP contribution is -2.49. The van der Waals surface area contributed by atoms with Gasteiger partial charge in [0.05, 0.1) is 0 Å². The molecule has 6 heteroatoms. The molecule has 2 N–H and O–H groups in total. The quantitative estimate of drug-likeness (QED) is 0.911. The average molecular weight is 297 g/mol. The zero-order chi connectivity index (χ0) is 15.4. The molecular weight excluding hydrogens is 278 g/mol. The minimum atomic E-state index is 0.0506. The summed E-state index contributed by atoms with van der Waals surface area (Å²) in [6.45, 7) is 3.17. The highest BCUT2D eigenvalue weighted by molar-refractivity contribution is 5.95. The number of benzene rings is 1. The second-order valence-corrected chi connectivity index (χ2v) is 5.19. The van der Waals surface area contributed by atoms with Gasteiger partial charge in [-0.2, -0.15) is 0 Å². The van der Waals surface area contributed by atoms with Gasteiger partial charge in [-0.1, -0.05) is 18.2 Å². The third-order valence-corrected chi connectivity index (χ3v) is 3.87. The molecule has 1 aliphatic heterocycles. The van der Waals surface area contributed by atoms with E-state index in [4.69, 9.17) is 5.73 Å². The molecule has 1 saturated heterocycles. The summed E-state index contributed by atoms with van der Waals surface area (Å²) in [5.41, 5.74) is 7.31. The summed E-state index contributed by atoms with van der Waals surface area (Å²) in [4.78, 5) is 25.1. The predicted octanol–water partition coefficient (Wildman–Crippen LogP) is 0.898. The number of rotatable bonds is 3. The van der Waals surface area contributed by atoms with Crippen molar-refractivity contribution in [2.75, 3.05) is 31.1 Å². The lowest BCUT2D eigenvalue weighted by atomic mass is 10.1. The zero-order valence-corrected chi connectivity index (χ0v) is 12.4. The highest BCUT2D eigenvalue weighted by atomic mass is 16.2. The number of piperazine rings is 1. The Balaban J connectivity index is 1.67. The Morgan fingerprint density at radius 1 is 1.05 bits per heavy atom. The molecule has 0 aliphatic carbocycles. The smallest absolute Gasteiger partial charge is 0.254 e. The van der Waals surface area contributed by atoms with Gasteiger partial charge in [-0.15, -0.1) is 0 Å². The van der Waals surface area contributed by atoms with E-state index in [2.05, 4.69) is 14.9 Å². The first-order valence-electron chi connectivity index (χ1n) is 7.39. The van der Waals surface area contributed by atoms with E-state index in [1.165, 1.54) is 0 Å². The summed E-state index contributed by atoms with van der Waals surface area (Å²) < 4.78 is 0. The van der Waals surface area contributed by atoms with E-state index in [0.29, 0.717) is 25.2 Å². The van der Waals surface area contributed by atoms with Crippen molar-refractivity contribution in [3.63, 3.8) is 0 Å². The van der Waals surface area contributed by atoms with Gasteiger partial charge in [-0.25, -0.2) is 9.97 Å². The van der Waals surface area contributed by atoms with Gasteiger partial charge in [0.25, 0.3) is 5.91 Å². The molecular formula is C16H19N5O. The van der Waals surface area contributed by atoms with Crippen LogP contribution in [0.15, 0.2) is 42.7 Å². The van der Waals surface area contributed by atoms with Gasteiger partial charge in [-0.05, 0) is 17.7 Å². The average Bonchev–Trinajstić information content (AvgIpc) is 2.62. The first kappa shape index (κ1) is 14.5. The van der Waals surface area contributed by atoms with Gasteiger partial charge in [-0.3, -0.25) is 4.79 Å². The Morgan fingerprint density at radius 3 is 2.41 bits per heavy atom. The monoisotopic (exact) mass is 297 g/mol. The maximum Gasteiger partial charge on any atom is 0.254 e. The van der Waals surface area contributed by atoms with E-state index in [1.807, 2.05) is 29.2 Å². The lowest BCUT2D eigenvalue weighted by molar-refractivity contribution is 0.0745. The van der Waals surface area contributed by atoms with E-state index in [0.717, 1.165) is 24.6 Å². The van der Waals surface area contributed by atoms with E-state index in [-0.39, 0.29) is 5.91 Å². The highest BCUT2D eigenvalue weighted by Gasteiger charge is 2.24. The first-order valence-corrected chi connectivity index (χ1v) is 7.39. The topological polar surface area (TPSA) is 75.4 Å². The van der Waals surface area contributed by atoms with Crippen LogP contribution in [0.25, 0.3) is 0 Å². The molecule has 2 aromatic rings. The third kappa shape index (κ3) is 2.92. The molecule has 0 bridgehead atoms. The van der Waals surface area contributed by atoms with Crippen molar-refractivity contribution >= 4 is 11.9 Å². The van der Waals surface area contributed by atoms with Gasteiger partial charge in [0.2, 0.25) is 5.95 Å². The van der Waals surface area contributed by atoms with E-state index in [9.17, 15) is 4.79 Å². The number of nitrogens with zero attached hydrogens (tertiary/aromatic N) is 4. The molecule has 0 unspecified atom stereocenters. The van der Waals surface area contributed by atoms with Crippen molar-refractivity contribution in [2.45, 2.75) is 6.54 Å². The van der Waals surface area contributed by atoms with Gasteiger partial charge in [0.15, 0.2) is 0 Å². The van der Waals surface area contributed by atoms with E-state index < -0.39 is 0 Å². The maximum absolute atomic E-state index is 12.6. The molecule has 1 fully saturated rings. The summed E-state index contributed by atoms with van der Waals surface area (Å²) >= 11 is 0. The second-order valence-electron chi connectivity index (χ2n) is 5.19. The fourth-order valence-corrected chi connectivity index (χ4v) is 2.64. The van der Waals surface area contributed by atoms with Crippen LogP contribution in [0.2, 0.25) is 0 Å². The Bertz CT molecular complexity index is 638. The molecule has 0 radical (unpaired) electrons. The minimum absolute atomic E-state index is 0.0506. The lowest BCUT2D eigenvalue weighted by Gasteiger charge is -2.35. The van der Waals surface area contributed by atoms with Crippen LogP contribution in [0.5, 0.6) is 0 Å². The van der Waals surface area contributed by atoms with Gasteiger partial charge < -0.3 is 15.5 Å². The number of nitrogens with two attached hydrogens (primary N) is 1. The van der Waals surface area contributed by atoms with Crippen LogP contribution < -0.4 is 10.6 Å². The molecule has 0 atom stereocenters. The molecule has 6 nitrogen and oxygen atoms in total. The first-order chi connectivity index (χ1) is 10.8. The molecule has 1 aromatic heterocycles. The van der Waals surface area contributed by atoms with Crippen molar-refractivity contribution in [1.29, 1.82) is 0 Å². The number of anilines is 1. The van der Waals surface area contributed by atoms with Crippen LogP contribution in [0.4, 0.5) is 5.95 Å². The fraction of sp³-hybridized carbons (Fsp3) is 0.312. The Labute approximate surface area is 129 Å². The highest BCUT2D eigenvalue weighted by Crippen LogP contribution is 2.15.